The van der Waals surface area contributed by atoms with Gasteiger partial charge < -0.3 is 14.6 Å². The quantitative estimate of drug-likeness (QED) is 0.385. The molecule has 0 saturated carbocycles. The highest BCUT2D eigenvalue weighted by Gasteiger charge is 2.43. The first-order chi connectivity index (χ1) is 12.4. The average Bonchev–Trinajstić information content (AvgIpc) is 2.90. The van der Waals surface area contributed by atoms with E-state index in [2.05, 4.69) is 20.4 Å². The van der Waals surface area contributed by atoms with Gasteiger partial charge in [-0.05, 0) is 36.7 Å². The molecular weight excluding hydrogens is 332 g/mol. The minimum atomic E-state index is -0.308. The number of aliphatic hydroxyl groups is 1. The number of carbonyl (C=O) groups excluding carboxylic acids is 2. The third kappa shape index (κ3) is 4.97. The molecule has 1 aliphatic carbocycles. The van der Waals surface area contributed by atoms with Crippen molar-refractivity contribution in [2.45, 2.75) is 65.4 Å². The number of ether oxygens (including phenoxy) is 2. The Kier molecular flexibility index (Phi) is 7.44. The molecule has 0 spiro atoms. The Morgan fingerprint density at radius 2 is 2.12 bits per heavy atom. The second-order valence-corrected chi connectivity index (χ2v) is 7.76. The molecule has 1 aliphatic heterocycles. The minimum absolute atomic E-state index is 0.0219. The van der Waals surface area contributed by atoms with Gasteiger partial charge in [0.15, 0.2) is 0 Å². The lowest BCUT2D eigenvalue weighted by Gasteiger charge is -2.31. The van der Waals surface area contributed by atoms with Crippen LogP contribution in [0.1, 0.15) is 59.3 Å². The van der Waals surface area contributed by atoms with Gasteiger partial charge in [0.25, 0.3) is 0 Å². The molecule has 0 aromatic heterocycles. The van der Waals surface area contributed by atoms with E-state index in [-0.39, 0.29) is 43.1 Å². The topological polar surface area (TPSA) is 72.8 Å². The van der Waals surface area contributed by atoms with E-state index in [0.717, 1.165) is 31.3 Å². The second kappa shape index (κ2) is 9.36. The van der Waals surface area contributed by atoms with Crippen molar-refractivity contribution in [1.82, 2.24) is 0 Å². The van der Waals surface area contributed by atoms with E-state index >= 15 is 0 Å². The van der Waals surface area contributed by atoms with Crippen LogP contribution in [0.15, 0.2) is 23.3 Å². The van der Waals surface area contributed by atoms with Crippen molar-refractivity contribution in [2.75, 3.05) is 13.2 Å². The van der Waals surface area contributed by atoms with Crippen LogP contribution in [0.3, 0.4) is 0 Å². The molecule has 4 atom stereocenters. The summed E-state index contributed by atoms with van der Waals surface area (Å²) in [5.41, 5.74) is 2.85. The van der Waals surface area contributed by atoms with Crippen LogP contribution in [-0.4, -0.2) is 36.4 Å². The van der Waals surface area contributed by atoms with E-state index in [1.165, 1.54) is 5.57 Å². The first-order valence-electron chi connectivity index (χ1n) is 9.74. The minimum Gasteiger partial charge on any atom is -0.461 e. The normalized spacial score (nSPS) is 24.9. The van der Waals surface area contributed by atoms with Crippen molar-refractivity contribution in [2.24, 2.45) is 17.8 Å². The fourth-order valence-corrected chi connectivity index (χ4v) is 3.79. The van der Waals surface area contributed by atoms with Crippen LogP contribution in [-0.2, 0) is 19.1 Å². The summed E-state index contributed by atoms with van der Waals surface area (Å²) in [6.45, 7) is 10.6. The zero-order valence-corrected chi connectivity index (χ0v) is 16.3. The maximum absolute atomic E-state index is 12.1. The molecule has 2 aliphatic rings. The number of fused-ring (bicyclic) bond motifs is 1. The Hall–Kier alpha value is -1.62. The summed E-state index contributed by atoms with van der Waals surface area (Å²) in [7, 11) is 0. The highest BCUT2D eigenvalue weighted by atomic mass is 16.6. The maximum atomic E-state index is 12.1. The van der Waals surface area contributed by atoms with Crippen LogP contribution >= 0.6 is 0 Å². The van der Waals surface area contributed by atoms with Crippen molar-refractivity contribution in [3.8, 4) is 0 Å². The summed E-state index contributed by atoms with van der Waals surface area (Å²) in [6, 6.07) is 0. The fraction of sp³-hybridized carbons (Fsp3) is 0.714. The van der Waals surface area contributed by atoms with E-state index < -0.39 is 0 Å². The largest absolute Gasteiger partial charge is 0.461 e. The van der Waals surface area contributed by atoms with E-state index in [1.54, 1.807) is 0 Å². The smallest absolute Gasteiger partial charge is 0.334 e. The predicted octanol–water partition coefficient (Wildman–Crippen LogP) is 3.56. The number of allylic oxidation sites excluding steroid dienone is 1. The Morgan fingerprint density at radius 3 is 2.77 bits per heavy atom. The molecule has 26 heavy (non-hydrogen) atoms. The Bertz CT molecular complexity index is 577. The van der Waals surface area contributed by atoms with Gasteiger partial charge in [0.05, 0.1) is 0 Å². The van der Waals surface area contributed by atoms with Crippen molar-refractivity contribution in [3.63, 3.8) is 0 Å². The highest BCUT2D eigenvalue weighted by molar-refractivity contribution is 5.91. The van der Waals surface area contributed by atoms with Gasteiger partial charge in [-0.15, -0.1) is 0 Å². The molecule has 5 nitrogen and oxygen atoms in total. The van der Waals surface area contributed by atoms with Crippen LogP contribution in [0, 0.1) is 17.8 Å². The number of esters is 2. The van der Waals surface area contributed by atoms with Gasteiger partial charge in [0, 0.05) is 30.9 Å². The maximum Gasteiger partial charge on any atom is 0.334 e. The Balaban J connectivity index is 2.10. The monoisotopic (exact) mass is 364 g/mol. The van der Waals surface area contributed by atoms with E-state index in [9.17, 15) is 9.59 Å². The lowest BCUT2D eigenvalue weighted by Crippen LogP contribution is -2.28. The molecule has 0 radical (unpaired) electrons. The van der Waals surface area contributed by atoms with Crippen LogP contribution in [0.5, 0.6) is 0 Å². The molecule has 5 heteroatoms. The third-order valence-electron chi connectivity index (χ3n) is 5.77. The number of rotatable bonds is 9. The van der Waals surface area contributed by atoms with Crippen LogP contribution in [0.25, 0.3) is 0 Å². The van der Waals surface area contributed by atoms with E-state index in [1.807, 2.05) is 6.92 Å². The zero-order chi connectivity index (χ0) is 19.3. The van der Waals surface area contributed by atoms with E-state index in [0.29, 0.717) is 24.3 Å². The molecule has 0 aromatic carbocycles. The molecular formula is C21H32O5. The number of hydrogen-bond acceptors (Lipinski definition) is 5. The predicted molar refractivity (Wildman–Crippen MR) is 99.3 cm³/mol. The Labute approximate surface area is 156 Å². The van der Waals surface area contributed by atoms with Crippen molar-refractivity contribution < 1.29 is 24.2 Å². The summed E-state index contributed by atoms with van der Waals surface area (Å²) in [4.78, 5) is 23.9. The highest BCUT2D eigenvalue weighted by Crippen LogP contribution is 2.43. The molecule has 1 saturated heterocycles. The van der Waals surface area contributed by atoms with Crippen molar-refractivity contribution in [1.29, 1.82) is 0 Å². The lowest BCUT2D eigenvalue weighted by atomic mass is 9.75. The van der Waals surface area contributed by atoms with Crippen LogP contribution in [0.4, 0.5) is 0 Å². The van der Waals surface area contributed by atoms with Gasteiger partial charge in [-0.3, -0.25) is 4.79 Å². The van der Waals surface area contributed by atoms with Gasteiger partial charge in [-0.25, -0.2) is 4.79 Å². The van der Waals surface area contributed by atoms with Crippen molar-refractivity contribution >= 4 is 11.9 Å². The van der Waals surface area contributed by atoms with Crippen LogP contribution in [0.2, 0.25) is 0 Å². The molecule has 0 aromatic rings. The Morgan fingerprint density at radius 1 is 1.38 bits per heavy atom. The summed E-state index contributed by atoms with van der Waals surface area (Å²) >= 11 is 0. The van der Waals surface area contributed by atoms with Gasteiger partial charge in [-0.1, -0.05) is 39.3 Å². The molecule has 1 heterocycles. The summed E-state index contributed by atoms with van der Waals surface area (Å²) < 4.78 is 11.0. The van der Waals surface area contributed by atoms with Gasteiger partial charge in [0.2, 0.25) is 0 Å². The lowest BCUT2D eigenvalue weighted by molar-refractivity contribution is -0.144. The molecule has 0 unspecified atom stereocenters. The van der Waals surface area contributed by atoms with Gasteiger partial charge in [0.1, 0.15) is 12.7 Å². The molecule has 0 amide bonds. The molecule has 1 fully saturated rings. The first-order valence-corrected chi connectivity index (χ1v) is 9.74. The van der Waals surface area contributed by atoms with E-state index in [4.69, 9.17) is 14.6 Å². The number of carbonyl (C=O) groups is 2. The SMILES string of the molecule is C=C1C(=O)O[C@@H]2CC(COC(=O)C[C@H](C)CC)=C([C@@H](C)CCCO)C[C@H]12. The average molecular weight is 364 g/mol. The van der Waals surface area contributed by atoms with Gasteiger partial charge in [-0.2, -0.15) is 0 Å². The fourth-order valence-electron chi connectivity index (χ4n) is 3.79. The molecule has 0 bridgehead atoms. The first kappa shape index (κ1) is 20.7. The molecule has 1 N–H and O–H groups in total. The van der Waals surface area contributed by atoms with Gasteiger partial charge >= 0.3 is 11.9 Å². The second-order valence-electron chi connectivity index (χ2n) is 7.76. The number of aliphatic hydroxyl groups excluding tert-OH is 1. The zero-order valence-electron chi connectivity index (χ0n) is 16.3. The molecule has 2 rings (SSSR count). The third-order valence-corrected chi connectivity index (χ3v) is 5.77. The summed E-state index contributed by atoms with van der Waals surface area (Å²) in [5, 5.41) is 9.13. The van der Waals surface area contributed by atoms with Crippen molar-refractivity contribution in [3.05, 3.63) is 23.3 Å². The standard InChI is InChI=1S/C21H32O5/c1-5-13(2)9-20(23)25-12-16-10-19-18(15(4)21(24)26-19)11-17(16)14(3)7-6-8-22/h13-14,18-19,22H,4-12H2,1-3H3/t13-,14+,18-,19-/m1/s1. The molecule has 146 valence electrons. The van der Waals surface area contributed by atoms with Crippen LogP contribution < -0.4 is 0 Å². The number of hydrogen-bond donors (Lipinski definition) is 1. The summed E-state index contributed by atoms with van der Waals surface area (Å²) in [6.07, 6.45) is 4.11. The summed E-state index contributed by atoms with van der Waals surface area (Å²) in [5.74, 6) is 0.124.